The number of nitro benzene ring substituents is 1. The minimum atomic E-state index is -0.511. The van der Waals surface area contributed by atoms with E-state index in [0.29, 0.717) is 29.2 Å². The summed E-state index contributed by atoms with van der Waals surface area (Å²) in [7, 11) is 0. The number of benzene rings is 2. The van der Waals surface area contributed by atoms with Crippen LogP contribution in [-0.4, -0.2) is 34.9 Å². The largest absolute Gasteiger partial charge is 0.324 e. The Labute approximate surface area is 167 Å². The highest BCUT2D eigenvalue weighted by Gasteiger charge is 2.27. The molecule has 7 nitrogen and oxygen atoms in total. The summed E-state index contributed by atoms with van der Waals surface area (Å²) >= 11 is 6.23. The first kappa shape index (κ1) is 19.8. The molecule has 3 rings (SSSR count). The predicted molar refractivity (Wildman–Crippen MR) is 107 cm³/mol. The number of carbonyl (C=O) groups is 2. The van der Waals surface area contributed by atoms with Gasteiger partial charge in [0.1, 0.15) is 6.67 Å². The second kappa shape index (κ2) is 7.98. The molecule has 8 heteroatoms. The summed E-state index contributed by atoms with van der Waals surface area (Å²) in [5.74, 6) is -0.450. The third-order valence-corrected chi connectivity index (χ3v) is 5.26. The summed E-state index contributed by atoms with van der Waals surface area (Å²) in [5, 5.41) is 11.7. The standard InChI is InChI=1S/C20H20ClN3O4/c1-13-6-8-16(11-17(13)21)23(12-22-9-3-4-19(22)25)20(26)15-7-5-14(2)18(10-15)24(27)28/h5-8,10-11H,3-4,9,12H2,1-2H3. The van der Waals surface area contributed by atoms with E-state index < -0.39 is 10.8 Å². The second-order valence-electron chi connectivity index (χ2n) is 6.83. The lowest BCUT2D eigenvalue weighted by Gasteiger charge is -2.28. The average Bonchev–Trinajstić information content (AvgIpc) is 3.06. The van der Waals surface area contributed by atoms with Crippen LogP contribution < -0.4 is 4.90 Å². The van der Waals surface area contributed by atoms with Crippen LogP contribution in [0.4, 0.5) is 11.4 Å². The third-order valence-electron chi connectivity index (χ3n) is 4.85. The Hall–Kier alpha value is -2.93. The number of halogens is 1. The molecule has 0 radical (unpaired) electrons. The number of nitro groups is 1. The topological polar surface area (TPSA) is 83.8 Å². The van der Waals surface area contributed by atoms with Crippen LogP contribution in [0.5, 0.6) is 0 Å². The van der Waals surface area contributed by atoms with Crippen LogP contribution in [0.1, 0.15) is 34.3 Å². The Balaban J connectivity index is 2.01. The van der Waals surface area contributed by atoms with Gasteiger partial charge in [-0.25, -0.2) is 0 Å². The average molecular weight is 402 g/mol. The fourth-order valence-electron chi connectivity index (χ4n) is 3.13. The van der Waals surface area contributed by atoms with E-state index in [1.807, 2.05) is 6.92 Å². The molecular weight excluding hydrogens is 382 g/mol. The first-order valence-electron chi connectivity index (χ1n) is 8.89. The molecule has 1 aliphatic heterocycles. The number of hydrogen-bond donors (Lipinski definition) is 0. The molecule has 2 amide bonds. The lowest BCUT2D eigenvalue weighted by atomic mass is 10.1. The van der Waals surface area contributed by atoms with Gasteiger partial charge >= 0.3 is 0 Å². The second-order valence-corrected chi connectivity index (χ2v) is 7.23. The molecule has 1 saturated heterocycles. The van der Waals surface area contributed by atoms with Gasteiger partial charge in [0.2, 0.25) is 5.91 Å². The zero-order chi connectivity index (χ0) is 20.4. The van der Waals surface area contributed by atoms with Crippen molar-refractivity contribution in [3.63, 3.8) is 0 Å². The van der Waals surface area contributed by atoms with E-state index >= 15 is 0 Å². The maximum atomic E-state index is 13.2. The van der Waals surface area contributed by atoms with E-state index in [1.165, 1.54) is 11.0 Å². The highest BCUT2D eigenvalue weighted by Crippen LogP contribution is 2.27. The van der Waals surface area contributed by atoms with Crippen molar-refractivity contribution in [1.82, 2.24) is 4.90 Å². The van der Waals surface area contributed by atoms with Gasteiger partial charge in [0.25, 0.3) is 11.6 Å². The van der Waals surface area contributed by atoms with Gasteiger partial charge in [-0.3, -0.25) is 24.6 Å². The molecule has 0 bridgehead atoms. The van der Waals surface area contributed by atoms with Crippen LogP contribution in [0.2, 0.25) is 5.02 Å². The predicted octanol–water partition coefficient (Wildman–Crippen LogP) is 4.09. The molecule has 2 aromatic carbocycles. The first-order valence-corrected chi connectivity index (χ1v) is 9.26. The number of amides is 2. The van der Waals surface area contributed by atoms with Gasteiger partial charge in [-0.2, -0.15) is 0 Å². The zero-order valence-corrected chi connectivity index (χ0v) is 16.4. The van der Waals surface area contributed by atoms with Gasteiger partial charge in [-0.05, 0) is 44.0 Å². The van der Waals surface area contributed by atoms with Crippen LogP contribution in [0, 0.1) is 24.0 Å². The highest BCUT2D eigenvalue weighted by atomic mass is 35.5. The van der Waals surface area contributed by atoms with Crippen molar-refractivity contribution in [3.8, 4) is 0 Å². The molecule has 0 atom stereocenters. The van der Waals surface area contributed by atoms with Gasteiger partial charge < -0.3 is 4.90 Å². The SMILES string of the molecule is Cc1ccc(N(CN2CCCC2=O)C(=O)c2ccc(C)c([N+](=O)[O-])c2)cc1Cl. The normalized spacial score (nSPS) is 13.7. The number of likely N-dealkylation sites (tertiary alicyclic amines) is 1. The Bertz CT molecular complexity index is 960. The summed E-state index contributed by atoms with van der Waals surface area (Å²) in [4.78, 5) is 39.1. The molecule has 0 saturated carbocycles. The molecule has 0 spiro atoms. The fourth-order valence-corrected chi connectivity index (χ4v) is 3.31. The Morgan fingerprint density at radius 1 is 1.21 bits per heavy atom. The highest BCUT2D eigenvalue weighted by molar-refractivity contribution is 6.31. The third kappa shape index (κ3) is 3.99. The number of hydrogen-bond acceptors (Lipinski definition) is 4. The van der Waals surface area contributed by atoms with Gasteiger partial charge in [0.15, 0.2) is 0 Å². The molecule has 1 fully saturated rings. The summed E-state index contributed by atoms with van der Waals surface area (Å²) in [6.45, 7) is 4.10. The Kier molecular flexibility index (Phi) is 5.65. The molecule has 0 aliphatic carbocycles. The number of aryl methyl sites for hydroxylation is 2. The van der Waals surface area contributed by atoms with Crippen LogP contribution >= 0.6 is 11.6 Å². The molecule has 146 valence electrons. The van der Waals surface area contributed by atoms with Gasteiger partial charge in [0.05, 0.1) is 4.92 Å². The van der Waals surface area contributed by atoms with E-state index in [2.05, 4.69) is 0 Å². The monoisotopic (exact) mass is 401 g/mol. The zero-order valence-electron chi connectivity index (χ0n) is 15.6. The van der Waals surface area contributed by atoms with Crippen LogP contribution in [-0.2, 0) is 4.79 Å². The van der Waals surface area contributed by atoms with Gasteiger partial charge in [-0.1, -0.05) is 23.7 Å². The molecule has 1 aliphatic rings. The smallest absolute Gasteiger partial charge is 0.273 e. The quantitative estimate of drug-likeness (QED) is 0.558. The van der Waals surface area contributed by atoms with Crippen molar-refractivity contribution < 1.29 is 14.5 Å². The molecule has 28 heavy (non-hydrogen) atoms. The van der Waals surface area contributed by atoms with E-state index in [-0.39, 0.29) is 23.8 Å². The maximum absolute atomic E-state index is 13.2. The Morgan fingerprint density at radius 2 is 1.93 bits per heavy atom. The minimum Gasteiger partial charge on any atom is -0.324 e. The summed E-state index contributed by atoms with van der Waals surface area (Å²) in [6, 6.07) is 9.58. The van der Waals surface area contributed by atoms with Gasteiger partial charge in [0, 0.05) is 40.9 Å². The van der Waals surface area contributed by atoms with Crippen LogP contribution in [0.3, 0.4) is 0 Å². The summed E-state index contributed by atoms with van der Waals surface area (Å²) in [5.41, 5.74) is 1.93. The summed E-state index contributed by atoms with van der Waals surface area (Å²) < 4.78 is 0. The molecule has 1 heterocycles. The number of anilines is 1. The number of nitrogens with zero attached hydrogens (tertiary/aromatic N) is 3. The molecule has 0 unspecified atom stereocenters. The maximum Gasteiger partial charge on any atom is 0.273 e. The van der Waals surface area contributed by atoms with Crippen molar-refractivity contribution >= 4 is 34.8 Å². The lowest BCUT2D eigenvalue weighted by molar-refractivity contribution is -0.385. The number of carbonyl (C=O) groups excluding carboxylic acids is 2. The van der Waals surface area contributed by atoms with Crippen LogP contribution in [0.15, 0.2) is 36.4 Å². The van der Waals surface area contributed by atoms with Crippen molar-refractivity contribution in [2.45, 2.75) is 26.7 Å². The summed E-state index contributed by atoms with van der Waals surface area (Å²) in [6.07, 6.45) is 1.19. The van der Waals surface area contributed by atoms with Crippen molar-refractivity contribution in [2.24, 2.45) is 0 Å². The first-order chi connectivity index (χ1) is 13.3. The van der Waals surface area contributed by atoms with E-state index in [0.717, 1.165) is 12.0 Å². The molecule has 0 N–H and O–H groups in total. The molecule has 0 aromatic heterocycles. The van der Waals surface area contributed by atoms with E-state index in [1.54, 1.807) is 42.2 Å². The number of rotatable bonds is 5. The lowest BCUT2D eigenvalue weighted by Crippen LogP contribution is -2.42. The fraction of sp³-hybridized carbons (Fsp3) is 0.300. The van der Waals surface area contributed by atoms with Crippen molar-refractivity contribution in [3.05, 3.63) is 68.2 Å². The molecular formula is C20H20ClN3O4. The van der Waals surface area contributed by atoms with Gasteiger partial charge in [-0.15, -0.1) is 0 Å². The Morgan fingerprint density at radius 3 is 2.54 bits per heavy atom. The van der Waals surface area contributed by atoms with E-state index in [9.17, 15) is 19.7 Å². The van der Waals surface area contributed by atoms with E-state index in [4.69, 9.17) is 11.6 Å². The van der Waals surface area contributed by atoms with Crippen molar-refractivity contribution in [2.75, 3.05) is 18.1 Å². The van der Waals surface area contributed by atoms with Crippen LogP contribution in [0.25, 0.3) is 0 Å². The molecule has 2 aromatic rings. The minimum absolute atomic E-state index is 0.0223. The van der Waals surface area contributed by atoms with Crippen molar-refractivity contribution in [1.29, 1.82) is 0 Å².